The van der Waals surface area contributed by atoms with Crippen molar-refractivity contribution in [1.29, 1.82) is 0 Å². The van der Waals surface area contributed by atoms with Gasteiger partial charge >= 0.3 is 12.0 Å². The molecule has 18 heavy (non-hydrogen) atoms. The molecule has 1 aliphatic rings. The van der Waals surface area contributed by atoms with Gasteiger partial charge in [0.25, 0.3) is 0 Å². The zero-order valence-corrected chi connectivity index (χ0v) is 10.4. The van der Waals surface area contributed by atoms with E-state index in [2.05, 4.69) is 10.6 Å². The van der Waals surface area contributed by atoms with Crippen molar-refractivity contribution in [1.82, 2.24) is 10.6 Å². The predicted octanol–water partition coefficient (Wildman–Crippen LogP) is -1.69. The smallest absolute Gasteiger partial charge is 0.326 e. The van der Waals surface area contributed by atoms with Gasteiger partial charge in [-0.25, -0.2) is 18.0 Å². The Hall–Kier alpha value is -1.35. The summed E-state index contributed by atoms with van der Waals surface area (Å²) in [5.41, 5.74) is 0. The highest BCUT2D eigenvalue weighted by molar-refractivity contribution is 7.91. The minimum absolute atomic E-state index is 0.0247. The summed E-state index contributed by atoms with van der Waals surface area (Å²) in [6.07, 6.45) is 0.221. The Bertz CT molecular complexity index is 421. The minimum atomic E-state index is -3.09. The van der Waals surface area contributed by atoms with E-state index in [4.69, 9.17) is 10.2 Å². The van der Waals surface area contributed by atoms with Crippen LogP contribution >= 0.6 is 0 Å². The molecule has 1 saturated heterocycles. The molecule has 0 aromatic carbocycles. The topological polar surface area (TPSA) is 133 Å². The van der Waals surface area contributed by atoms with E-state index in [1.54, 1.807) is 0 Å². The fraction of sp³-hybridized carbons (Fsp3) is 0.778. The first-order valence-electron chi connectivity index (χ1n) is 5.45. The second-order valence-corrected chi connectivity index (χ2v) is 6.35. The molecule has 0 bridgehead atoms. The monoisotopic (exact) mass is 280 g/mol. The van der Waals surface area contributed by atoms with E-state index < -0.39 is 33.9 Å². The standard InChI is InChI=1S/C9H16N2O6S/c12-3-1-7(8(13)14)11-9(15)10-6-2-4-18(16,17)5-6/h6-7,12H,1-5H2,(H,13,14)(H2,10,11,15)/t6?,7-/m0/s1. The fourth-order valence-electron chi connectivity index (χ4n) is 1.68. The summed E-state index contributed by atoms with van der Waals surface area (Å²) in [4.78, 5) is 22.2. The third kappa shape index (κ3) is 4.49. The van der Waals surface area contributed by atoms with Gasteiger partial charge in [-0.15, -0.1) is 0 Å². The molecule has 0 aromatic rings. The second-order valence-electron chi connectivity index (χ2n) is 4.12. The quantitative estimate of drug-likeness (QED) is 0.475. The molecule has 104 valence electrons. The number of aliphatic hydroxyl groups is 1. The summed E-state index contributed by atoms with van der Waals surface area (Å²) in [5.74, 6) is -1.35. The second kappa shape index (κ2) is 6.01. The molecule has 0 saturated carbocycles. The van der Waals surface area contributed by atoms with Crippen molar-refractivity contribution in [2.75, 3.05) is 18.1 Å². The highest BCUT2D eigenvalue weighted by atomic mass is 32.2. The average molecular weight is 280 g/mol. The van der Waals surface area contributed by atoms with Gasteiger partial charge in [0.05, 0.1) is 11.5 Å². The molecule has 9 heteroatoms. The molecule has 0 aliphatic carbocycles. The number of amides is 2. The van der Waals surface area contributed by atoms with Crippen LogP contribution in [0.1, 0.15) is 12.8 Å². The Morgan fingerprint density at radius 1 is 1.39 bits per heavy atom. The van der Waals surface area contributed by atoms with E-state index in [0.29, 0.717) is 6.42 Å². The van der Waals surface area contributed by atoms with Gasteiger partial charge < -0.3 is 20.8 Å². The molecule has 0 aromatic heterocycles. The number of urea groups is 1. The highest BCUT2D eigenvalue weighted by Gasteiger charge is 2.29. The zero-order chi connectivity index (χ0) is 13.8. The summed E-state index contributed by atoms with van der Waals surface area (Å²) < 4.78 is 22.3. The van der Waals surface area contributed by atoms with Crippen LogP contribution in [0.2, 0.25) is 0 Å². The van der Waals surface area contributed by atoms with Gasteiger partial charge in [-0.2, -0.15) is 0 Å². The first kappa shape index (κ1) is 14.7. The molecule has 1 heterocycles. The molecule has 1 fully saturated rings. The number of carbonyl (C=O) groups excluding carboxylic acids is 1. The third-order valence-corrected chi connectivity index (χ3v) is 4.36. The van der Waals surface area contributed by atoms with Crippen molar-refractivity contribution < 1.29 is 28.2 Å². The van der Waals surface area contributed by atoms with Gasteiger partial charge in [-0.1, -0.05) is 0 Å². The maximum absolute atomic E-state index is 11.4. The lowest BCUT2D eigenvalue weighted by molar-refractivity contribution is -0.139. The zero-order valence-electron chi connectivity index (χ0n) is 9.63. The van der Waals surface area contributed by atoms with Crippen molar-refractivity contribution in [2.45, 2.75) is 24.9 Å². The molecule has 1 rings (SSSR count). The largest absolute Gasteiger partial charge is 0.480 e. The van der Waals surface area contributed by atoms with Crippen LogP contribution in [0.4, 0.5) is 4.79 Å². The van der Waals surface area contributed by atoms with Gasteiger partial charge in [0, 0.05) is 19.1 Å². The Morgan fingerprint density at radius 2 is 2.06 bits per heavy atom. The molecule has 2 atom stereocenters. The molecule has 0 spiro atoms. The van der Waals surface area contributed by atoms with Crippen molar-refractivity contribution in [3.63, 3.8) is 0 Å². The predicted molar refractivity (Wildman–Crippen MR) is 61.9 cm³/mol. The van der Waals surface area contributed by atoms with Crippen molar-refractivity contribution in [2.24, 2.45) is 0 Å². The Balaban J connectivity index is 2.44. The summed E-state index contributed by atoms with van der Waals surface area (Å²) >= 11 is 0. The molecular weight excluding hydrogens is 264 g/mol. The Kier molecular flexibility index (Phi) is 4.91. The van der Waals surface area contributed by atoms with E-state index in [9.17, 15) is 18.0 Å². The maximum atomic E-state index is 11.4. The highest BCUT2D eigenvalue weighted by Crippen LogP contribution is 2.10. The summed E-state index contributed by atoms with van der Waals surface area (Å²) in [7, 11) is -3.09. The summed E-state index contributed by atoms with van der Waals surface area (Å²) in [6, 6.07) is -2.41. The van der Waals surface area contributed by atoms with Crippen LogP contribution in [0.5, 0.6) is 0 Å². The van der Waals surface area contributed by atoms with Crippen LogP contribution in [-0.4, -0.2) is 60.8 Å². The number of sulfone groups is 1. The van der Waals surface area contributed by atoms with E-state index in [0.717, 1.165) is 0 Å². The van der Waals surface area contributed by atoms with Crippen molar-refractivity contribution in [3.05, 3.63) is 0 Å². The number of hydrogen-bond acceptors (Lipinski definition) is 5. The average Bonchev–Trinajstić information content (AvgIpc) is 2.57. The van der Waals surface area contributed by atoms with E-state index in [1.165, 1.54) is 0 Å². The van der Waals surface area contributed by atoms with E-state index in [-0.39, 0.29) is 24.5 Å². The minimum Gasteiger partial charge on any atom is -0.480 e. The maximum Gasteiger partial charge on any atom is 0.326 e. The number of carbonyl (C=O) groups is 2. The van der Waals surface area contributed by atoms with Crippen LogP contribution in [-0.2, 0) is 14.6 Å². The molecule has 2 amide bonds. The fourth-order valence-corrected chi connectivity index (χ4v) is 3.35. The van der Waals surface area contributed by atoms with Gasteiger partial charge in [0.2, 0.25) is 0 Å². The summed E-state index contributed by atoms with van der Waals surface area (Å²) in [5, 5.41) is 22.0. The molecule has 1 unspecified atom stereocenters. The van der Waals surface area contributed by atoms with Crippen molar-refractivity contribution >= 4 is 21.8 Å². The normalized spacial score (nSPS) is 23.3. The van der Waals surface area contributed by atoms with Crippen LogP contribution in [0.3, 0.4) is 0 Å². The Morgan fingerprint density at radius 3 is 2.50 bits per heavy atom. The number of carboxylic acid groups (broad SMARTS) is 1. The first-order valence-corrected chi connectivity index (χ1v) is 7.27. The Labute approximate surface area is 104 Å². The molecule has 8 nitrogen and oxygen atoms in total. The van der Waals surface area contributed by atoms with Crippen molar-refractivity contribution in [3.8, 4) is 0 Å². The third-order valence-electron chi connectivity index (χ3n) is 2.59. The number of hydrogen-bond donors (Lipinski definition) is 4. The van der Waals surface area contributed by atoms with E-state index in [1.807, 2.05) is 0 Å². The number of aliphatic carboxylic acids is 1. The molecule has 0 radical (unpaired) electrons. The van der Waals surface area contributed by atoms with Gasteiger partial charge in [-0.05, 0) is 6.42 Å². The lowest BCUT2D eigenvalue weighted by atomic mass is 10.2. The van der Waals surface area contributed by atoms with Crippen LogP contribution < -0.4 is 10.6 Å². The van der Waals surface area contributed by atoms with E-state index >= 15 is 0 Å². The van der Waals surface area contributed by atoms with Gasteiger partial charge in [0.1, 0.15) is 6.04 Å². The molecule has 1 aliphatic heterocycles. The number of aliphatic hydroxyl groups excluding tert-OH is 1. The van der Waals surface area contributed by atoms with Crippen LogP contribution in [0, 0.1) is 0 Å². The molecular formula is C9H16N2O6S. The number of nitrogens with one attached hydrogen (secondary N) is 2. The lowest BCUT2D eigenvalue weighted by Crippen LogP contribution is -2.49. The SMILES string of the molecule is O=C(NC1CCS(=O)(=O)C1)N[C@@H](CCO)C(=O)O. The van der Waals surface area contributed by atoms with Gasteiger partial charge in [-0.3, -0.25) is 0 Å². The number of rotatable bonds is 5. The van der Waals surface area contributed by atoms with Crippen LogP contribution in [0.15, 0.2) is 0 Å². The number of carboxylic acids is 1. The molecule has 4 N–H and O–H groups in total. The van der Waals surface area contributed by atoms with Crippen LogP contribution in [0.25, 0.3) is 0 Å². The van der Waals surface area contributed by atoms with Gasteiger partial charge in [0.15, 0.2) is 9.84 Å². The lowest BCUT2D eigenvalue weighted by Gasteiger charge is -2.16. The summed E-state index contributed by atoms with van der Waals surface area (Å²) in [6.45, 7) is -0.366. The first-order chi connectivity index (χ1) is 8.34.